The van der Waals surface area contributed by atoms with E-state index in [9.17, 15) is 22.8 Å². The lowest BCUT2D eigenvalue weighted by Crippen LogP contribution is -2.54. The van der Waals surface area contributed by atoms with E-state index >= 15 is 0 Å². The maximum absolute atomic E-state index is 13.5. The number of aromatic nitrogens is 4. The highest BCUT2D eigenvalue weighted by molar-refractivity contribution is 6.03. The summed E-state index contributed by atoms with van der Waals surface area (Å²) in [5, 5.41) is 6.83. The van der Waals surface area contributed by atoms with Crippen molar-refractivity contribution >= 4 is 28.4 Å². The summed E-state index contributed by atoms with van der Waals surface area (Å²) < 4.78 is 40.3. The van der Waals surface area contributed by atoms with Crippen LogP contribution in [0.2, 0.25) is 0 Å². The molecule has 2 bridgehead atoms. The van der Waals surface area contributed by atoms with Gasteiger partial charge in [-0.25, -0.2) is 9.50 Å². The highest BCUT2D eigenvalue weighted by Crippen LogP contribution is 2.33. The van der Waals surface area contributed by atoms with Gasteiger partial charge in [0.05, 0.1) is 22.8 Å². The third kappa shape index (κ3) is 4.08. The predicted molar refractivity (Wildman–Crippen MR) is 134 cm³/mol. The van der Waals surface area contributed by atoms with E-state index in [0.717, 1.165) is 43.8 Å². The Balaban J connectivity index is 1.33. The fraction of sp³-hybridized carbons (Fsp3) is 0.385. The van der Waals surface area contributed by atoms with Crippen LogP contribution in [0.5, 0.6) is 0 Å². The van der Waals surface area contributed by atoms with Crippen molar-refractivity contribution < 1.29 is 22.8 Å². The lowest BCUT2D eigenvalue weighted by Gasteiger charge is -2.39. The van der Waals surface area contributed by atoms with Crippen molar-refractivity contribution in [2.45, 2.75) is 44.1 Å². The summed E-state index contributed by atoms with van der Waals surface area (Å²) in [7, 11) is 2.08. The largest absolute Gasteiger partial charge is 0.408 e. The number of pyridine rings is 2. The molecule has 198 valence electrons. The number of alkyl halides is 3. The fourth-order valence-electron chi connectivity index (χ4n) is 5.63. The summed E-state index contributed by atoms with van der Waals surface area (Å²) in [6.07, 6.45) is 3.67. The molecule has 0 aromatic carbocycles. The molecule has 3 atom stereocenters. The molecule has 0 aliphatic carbocycles. The van der Waals surface area contributed by atoms with Gasteiger partial charge in [-0.1, -0.05) is 0 Å². The maximum Gasteiger partial charge on any atom is 0.408 e. The quantitative estimate of drug-likeness (QED) is 0.425. The molecular weight excluding hydrogens is 499 g/mol. The average Bonchev–Trinajstić information content (AvgIpc) is 3.56. The summed E-state index contributed by atoms with van der Waals surface area (Å²) in [5.74, 6) is -0.895. The van der Waals surface area contributed by atoms with Gasteiger partial charge >= 0.3 is 6.18 Å². The summed E-state index contributed by atoms with van der Waals surface area (Å²) in [6, 6.07) is 3.70. The molecule has 38 heavy (non-hydrogen) atoms. The number of nitrogens with one attached hydrogen (secondary N) is 2. The monoisotopic (exact) mass is 525 g/mol. The molecule has 6 heterocycles. The maximum atomic E-state index is 13.5. The fourth-order valence-corrected chi connectivity index (χ4v) is 5.63. The number of aromatic amines is 1. The Hall–Kier alpha value is -3.93. The number of piperazine rings is 1. The number of carbonyl (C=O) groups excluding carboxylic acids is 2. The van der Waals surface area contributed by atoms with E-state index in [1.54, 1.807) is 30.7 Å². The average molecular weight is 526 g/mol. The number of halogens is 3. The number of likely N-dealkylation sites (tertiary alicyclic amines) is 1. The molecule has 4 aromatic heterocycles. The predicted octanol–water partition coefficient (Wildman–Crippen LogP) is 3.48. The van der Waals surface area contributed by atoms with Gasteiger partial charge in [0.2, 0.25) is 0 Å². The Bertz CT molecular complexity index is 1550. The molecule has 0 radical (unpaired) electrons. The zero-order chi connectivity index (χ0) is 26.8. The van der Waals surface area contributed by atoms with Gasteiger partial charge in [0.15, 0.2) is 0 Å². The lowest BCUT2D eigenvalue weighted by molar-refractivity contribution is -0.149. The van der Waals surface area contributed by atoms with Crippen LogP contribution in [0.4, 0.5) is 13.2 Å². The first-order valence-corrected chi connectivity index (χ1v) is 12.4. The van der Waals surface area contributed by atoms with Crippen molar-refractivity contribution in [1.29, 1.82) is 0 Å². The summed E-state index contributed by atoms with van der Waals surface area (Å²) in [6.45, 7) is 2.60. The molecule has 2 aliphatic rings. The van der Waals surface area contributed by atoms with Crippen molar-refractivity contribution in [3.8, 4) is 11.1 Å². The van der Waals surface area contributed by atoms with Gasteiger partial charge in [-0.05, 0) is 50.6 Å². The van der Waals surface area contributed by atoms with Gasteiger partial charge in [-0.3, -0.25) is 9.59 Å². The zero-order valence-corrected chi connectivity index (χ0v) is 20.8. The van der Waals surface area contributed by atoms with Crippen LogP contribution in [0.25, 0.3) is 27.7 Å². The second-order valence-electron chi connectivity index (χ2n) is 10.2. The number of hydrogen-bond acceptors (Lipinski definition) is 5. The van der Waals surface area contributed by atoms with E-state index < -0.39 is 18.1 Å². The lowest BCUT2D eigenvalue weighted by atomic mass is 10.0. The summed E-state index contributed by atoms with van der Waals surface area (Å²) in [5.41, 5.74) is 2.95. The van der Waals surface area contributed by atoms with Gasteiger partial charge in [0, 0.05) is 54.7 Å². The van der Waals surface area contributed by atoms with Crippen molar-refractivity contribution in [1.82, 2.24) is 34.7 Å². The second-order valence-corrected chi connectivity index (χ2v) is 10.2. The minimum Gasteiger partial charge on any atom is -0.346 e. The first-order valence-electron chi connectivity index (χ1n) is 12.4. The van der Waals surface area contributed by atoms with Crippen LogP contribution >= 0.6 is 0 Å². The molecule has 6 rings (SSSR count). The number of nitrogens with zero attached hydrogens (tertiary/aromatic N) is 5. The number of rotatable bonds is 4. The van der Waals surface area contributed by atoms with Crippen molar-refractivity contribution in [3.63, 3.8) is 0 Å². The van der Waals surface area contributed by atoms with E-state index in [4.69, 9.17) is 0 Å². The normalized spacial score (nSPS) is 20.8. The third-order valence-electron chi connectivity index (χ3n) is 7.59. The minimum atomic E-state index is -4.56. The van der Waals surface area contributed by atoms with Gasteiger partial charge in [-0.15, -0.1) is 0 Å². The van der Waals surface area contributed by atoms with Crippen LogP contribution in [0.1, 0.15) is 40.5 Å². The Morgan fingerprint density at radius 3 is 2.61 bits per heavy atom. The van der Waals surface area contributed by atoms with Crippen LogP contribution in [0.15, 0.2) is 43.0 Å². The molecule has 2 saturated heterocycles. The van der Waals surface area contributed by atoms with Crippen molar-refractivity contribution in [2.24, 2.45) is 0 Å². The van der Waals surface area contributed by atoms with Gasteiger partial charge in [0.1, 0.15) is 11.7 Å². The standard InChI is InChI=1S/C26H26F3N7O2/c1-14(26(27,28)29)33-24(37)21-11-32-35-6-5-15(8-22(21)35)20-10-31-23-19(20)7-16(9-30-23)25(38)36-17-3-4-18(36)13-34(2)12-17/h5-11,14,17-18H,3-4,12-13H2,1-2H3,(H,30,31)(H,33,37)/t14-,17?,18?/m1/s1. The number of fused-ring (bicyclic) bond motifs is 4. The number of amides is 2. The Labute approximate surface area is 215 Å². The number of carbonyl (C=O) groups is 2. The van der Waals surface area contributed by atoms with Gasteiger partial charge in [-0.2, -0.15) is 18.3 Å². The van der Waals surface area contributed by atoms with Gasteiger partial charge < -0.3 is 20.1 Å². The number of H-pyrrole nitrogens is 1. The van der Waals surface area contributed by atoms with E-state index in [1.165, 1.54) is 10.7 Å². The zero-order valence-electron chi connectivity index (χ0n) is 20.8. The SMILES string of the molecule is C[C@@H](NC(=O)c1cnn2ccc(-c3c[nH]c4ncc(C(=O)N5C6CCC5CN(C)C6)cc34)cc12)C(F)(F)F. The van der Waals surface area contributed by atoms with E-state index in [0.29, 0.717) is 22.3 Å². The van der Waals surface area contributed by atoms with Gasteiger partial charge in [0.25, 0.3) is 11.8 Å². The molecule has 2 amide bonds. The third-order valence-corrected chi connectivity index (χ3v) is 7.59. The highest BCUT2D eigenvalue weighted by atomic mass is 19.4. The van der Waals surface area contributed by atoms with Crippen molar-refractivity contribution in [2.75, 3.05) is 20.1 Å². The minimum absolute atomic E-state index is 0.0299. The molecule has 12 heteroatoms. The molecule has 2 aliphatic heterocycles. The molecule has 0 saturated carbocycles. The Kier molecular flexibility index (Phi) is 5.67. The molecule has 0 spiro atoms. The first-order chi connectivity index (χ1) is 18.1. The van der Waals surface area contributed by atoms with E-state index in [2.05, 4.69) is 27.0 Å². The number of hydrogen-bond donors (Lipinski definition) is 2. The molecule has 4 aromatic rings. The topological polar surface area (TPSA) is 98.6 Å². The summed E-state index contributed by atoms with van der Waals surface area (Å²) >= 11 is 0. The molecular formula is C26H26F3N7O2. The molecule has 2 fully saturated rings. The molecule has 9 nitrogen and oxygen atoms in total. The molecule has 2 unspecified atom stereocenters. The summed E-state index contributed by atoms with van der Waals surface area (Å²) in [4.78, 5) is 38.0. The van der Waals surface area contributed by atoms with Crippen molar-refractivity contribution in [3.05, 3.63) is 54.1 Å². The Morgan fingerprint density at radius 2 is 1.89 bits per heavy atom. The highest BCUT2D eigenvalue weighted by Gasteiger charge is 2.42. The van der Waals surface area contributed by atoms with E-state index in [-0.39, 0.29) is 23.6 Å². The van der Waals surface area contributed by atoms with Crippen LogP contribution in [0.3, 0.4) is 0 Å². The number of likely N-dealkylation sites (N-methyl/N-ethyl adjacent to an activating group) is 1. The van der Waals surface area contributed by atoms with Crippen LogP contribution in [-0.2, 0) is 0 Å². The van der Waals surface area contributed by atoms with Crippen LogP contribution < -0.4 is 5.32 Å². The molecule has 2 N–H and O–H groups in total. The van der Waals surface area contributed by atoms with Crippen LogP contribution in [-0.4, -0.2) is 85.6 Å². The smallest absolute Gasteiger partial charge is 0.346 e. The Morgan fingerprint density at radius 1 is 1.16 bits per heavy atom. The first kappa shape index (κ1) is 24.4. The van der Waals surface area contributed by atoms with Crippen LogP contribution in [0, 0.1) is 0 Å². The second kappa shape index (κ2) is 8.83. The van der Waals surface area contributed by atoms with E-state index in [1.807, 2.05) is 16.3 Å².